The number of nitrogens with one attached hydrogen (secondary N) is 1. The molecule has 0 amide bonds. The van der Waals surface area contributed by atoms with Gasteiger partial charge in [0.1, 0.15) is 6.17 Å². The molecule has 2 rings (SSSR count). The summed E-state index contributed by atoms with van der Waals surface area (Å²) in [5, 5.41) is 10.5. The van der Waals surface area contributed by atoms with Gasteiger partial charge < -0.3 is 14.8 Å². The quantitative estimate of drug-likeness (QED) is 0.379. The fourth-order valence-electron chi connectivity index (χ4n) is 4.11. The van der Waals surface area contributed by atoms with Crippen LogP contribution in [0.2, 0.25) is 0 Å². The highest BCUT2D eigenvalue weighted by atomic mass is 16.6. The summed E-state index contributed by atoms with van der Waals surface area (Å²) in [5.41, 5.74) is 3.06. The summed E-state index contributed by atoms with van der Waals surface area (Å²) in [6, 6.07) is 0. The number of hydroxylamine groups is 1. The number of rotatable bonds is 9. The summed E-state index contributed by atoms with van der Waals surface area (Å²) in [7, 11) is 3.70. The van der Waals surface area contributed by atoms with Gasteiger partial charge in [0.25, 0.3) is 0 Å². The van der Waals surface area contributed by atoms with E-state index in [-0.39, 0.29) is 12.3 Å². The van der Waals surface area contributed by atoms with Crippen molar-refractivity contribution in [3.63, 3.8) is 0 Å². The third-order valence-corrected chi connectivity index (χ3v) is 5.60. The monoisotopic (exact) mass is 353 g/mol. The van der Waals surface area contributed by atoms with Crippen LogP contribution in [0.25, 0.3) is 0 Å². The van der Waals surface area contributed by atoms with Gasteiger partial charge in [-0.15, -0.1) is 0 Å². The fourth-order valence-corrected chi connectivity index (χ4v) is 4.11. The number of aliphatic hydroxyl groups is 1. The molecule has 1 heterocycles. The highest BCUT2D eigenvalue weighted by Gasteiger charge is 2.19. The van der Waals surface area contributed by atoms with E-state index in [9.17, 15) is 5.11 Å². The first-order valence-corrected chi connectivity index (χ1v) is 10.3. The maximum atomic E-state index is 10.5. The molecule has 25 heavy (non-hydrogen) atoms. The van der Waals surface area contributed by atoms with Crippen molar-refractivity contribution in [3.8, 4) is 0 Å². The molecular weight excluding hydrogens is 314 g/mol. The van der Waals surface area contributed by atoms with E-state index in [2.05, 4.69) is 27.4 Å². The molecule has 0 aromatic heterocycles. The van der Waals surface area contributed by atoms with Crippen LogP contribution in [0.5, 0.6) is 0 Å². The van der Waals surface area contributed by atoms with Gasteiger partial charge in [-0.05, 0) is 51.7 Å². The third kappa shape index (κ3) is 8.18. The predicted octanol–water partition coefficient (Wildman–Crippen LogP) is 2.77. The topological polar surface area (TPSA) is 48.0 Å². The van der Waals surface area contributed by atoms with Crippen LogP contribution in [0.4, 0.5) is 0 Å². The Balaban J connectivity index is 1.78. The van der Waals surface area contributed by atoms with Gasteiger partial charge in [0.15, 0.2) is 0 Å². The number of hydrogen-bond acceptors (Lipinski definition) is 5. The van der Waals surface area contributed by atoms with Crippen LogP contribution in [0.3, 0.4) is 0 Å². The molecule has 1 aliphatic carbocycles. The van der Waals surface area contributed by atoms with Gasteiger partial charge in [-0.25, -0.2) is 0 Å². The van der Waals surface area contributed by atoms with E-state index in [0.29, 0.717) is 12.5 Å². The van der Waals surface area contributed by atoms with Gasteiger partial charge in [0.2, 0.25) is 0 Å². The second-order valence-corrected chi connectivity index (χ2v) is 7.86. The lowest BCUT2D eigenvalue weighted by Crippen LogP contribution is -2.47. The van der Waals surface area contributed by atoms with E-state index in [0.717, 1.165) is 19.6 Å². The molecule has 0 spiro atoms. The molecule has 2 atom stereocenters. The minimum Gasteiger partial charge on any atom is -0.390 e. The first-order valence-electron chi connectivity index (χ1n) is 10.3. The Morgan fingerprint density at radius 2 is 1.76 bits per heavy atom. The molecule has 1 saturated heterocycles. The van der Waals surface area contributed by atoms with Crippen molar-refractivity contribution in [1.82, 2.24) is 15.3 Å². The Kier molecular flexibility index (Phi) is 10.0. The van der Waals surface area contributed by atoms with Gasteiger partial charge in [0, 0.05) is 13.1 Å². The molecule has 1 saturated carbocycles. The van der Waals surface area contributed by atoms with Gasteiger partial charge in [-0.2, -0.15) is 5.48 Å². The Hall–Kier alpha value is -0.460. The lowest BCUT2D eigenvalue weighted by atomic mass is 9.89. The van der Waals surface area contributed by atoms with Crippen LogP contribution in [0.15, 0.2) is 12.2 Å². The first kappa shape index (κ1) is 20.8. The summed E-state index contributed by atoms with van der Waals surface area (Å²) in [6.07, 6.45) is 16.1. The number of β-amino-alcohol motifs (C(OH)–C–C–N with tert-alkyl or cyclic N) is 1. The fraction of sp³-hybridized carbons (Fsp3) is 0.900. The minimum atomic E-state index is -0.327. The molecule has 146 valence electrons. The standard InChI is InChI=1S/C20H39N3O2/c1-22(16-19(24)17-23-14-8-3-4-9-15-23)20(21-25-2)13-12-18-10-6-5-7-11-18/h12-13,18-21,24H,3-11,14-17H2,1-2H3. The number of likely N-dealkylation sites (tertiary alicyclic amines) is 1. The SMILES string of the molecule is CONC(C=CC1CCCCC1)N(C)CC(O)CN1CCCCCC1. The van der Waals surface area contributed by atoms with Gasteiger partial charge in [-0.3, -0.25) is 4.90 Å². The maximum Gasteiger partial charge on any atom is 0.102 e. The first-order chi connectivity index (χ1) is 12.2. The second-order valence-electron chi connectivity index (χ2n) is 7.86. The van der Waals surface area contributed by atoms with Crippen molar-refractivity contribution >= 4 is 0 Å². The molecule has 5 heteroatoms. The van der Waals surface area contributed by atoms with Crippen LogP contribution < -0.4 is 5.48 Å². The Labute approximate surface area is 154 Å². The van der Waals surface area contributed by atoms with E-state index in [1.807, 2.05) is 7.05 Å². The highest BCUT2D eigenvalue weighted by molar-refractivity contribution is 4.96. The van der Waals surface area contributed by atoms with Crippen molar-refractivity contribution in [3.05, 3.63) is 12.2 Å². The number of likely N-dealkylation sites (N-methyl/N-ethyl adjacent to an activating group) is 1. The lowest BCUT2D eigenvalue weighted by Gasteiger charge is -2.30. The van der Waals surface area contributed by atoms with Crippen molar-refractivity contribution in [2.24, 2.45) is 5.92 Å². The summed E-state index contributed by atoms with van der Waals surface area (Å²) in [4.78, 5) is 9.74. The third-order valence-electron chi connectivity index (χ3n) is 5.60. The molecular formula is C20H39N3O2. The van der Waals surface area contributed by atoms with Crippen molar-refractivity contribution < 1.29 is 9.94 Å². The number of aliphatic hydroxyl groups excluding tert-OH is 1. The second kappa shape index (κ2) is 12.0. The van der Waals surface area contributed by atoms with Crippen LogP contribution in [-0.4, -0.2) is 67.5 Å². The van der Waals surface area contributed by atoms with Crippen molar-refractivity contribution in [2.45, 2.75) is 70.1 Å². The average Bonchev–Trinajstić information content (AvgIpc) is 2.88. The molecule has 2 fully saturated rings. The highest BCUT2D eigenvalue weighted by Crippen LogP contribution is 2.24. The molecule has 0 bridgehead atoms. The molecule has 0 radical (unpaired) electrons. The summed E-state index contributed by atoms with van der Waals surface area (Å²) in [6.45, 7) is 3.67. The zero-order chi connectivity index (χ0) is 17.9. The number of nitrogens with zero attached hydrogens (tertiary/aromatic N) is 2. The Morgan fingerprint density at radius 3 is 2.40 bits per heavy atom. The van der Waals surface area contributed by atoms with Crippen LogP contribution in [-0.2, 0) is 4.84 Å². The molecule has 0 aromatic carbocycles. The molecule has 1 aliphatic heterocycles. The van der Waals surface area contributed by atoms with Gasteiger partial charge >= 0.3 is 0 Å². The Bertz CT molecular complexity index is 364. The van der Waals surface area contributed by atoms with Crippen molar-refractivity contribution in [1.29, 1.82) is 0 Å². The molecule has 2 unspecified atom stereocenters. The smallest absolute Gasteiger partial charge is 0.102 e. The lowest BCUT2D eigenvalue weighted by molar-refractivity contribution is 0.00373. The van der Waals surface area contributed by atoms with Gasteiger partial charge in [0.05, 0.1) is 13.2 Å². The normalized spacial score (nSPS) is 23.8. The van der Waals surface area contributed by atoms with Gasteiger partial charge in [-0.1, -0.05) is 44.3 Å². The molecule has 2 aliphatic rings. The Morgan fingerprint density at radius 1 is 1.12 bits per heavy atom. The minimum absolute atomic E-state index is 0.00529. The van der Waals surface area contributed by atoms with E-state index >= 15 is 0 Å². The largest absolute Gasteiger partial charge is 0.390 e. The molecule has 2 N–H and O–H groups in total. The predicted molar refractivity (Wildman–Crippen MR) is 103 cm³/mol. The van der Waals surface area contributed by atoms with E-state index in [4.69, 9.17) is 4.84 Å². The van der Waals surface area contributed by atoms with Crippen molar-refractivity contribution in [2.75, 3.05) is 40.3 Å². The summed E-state index contributed by atoms with van der Waals surface area (Å²) in [5.74, 6) is 0.699. The summed E-state index contributed by atoms with van der Waals surface area (Å²) >= 11 is 0. The molecule has 0 aromatic rings. The van der Waals surface area contributed by atoms with Crippen LogP contribution >= 0.6 is 0 Å². The maximum absolute atomic E-state index is 10.5. The zero-order valence-corrected chi connectivity index (χ0v) is 16.3. The van der Waals surface area contributed by atoms with E-state index < -0.39 is 0 Å². The van der Waals surface area contributed by atoms with Crippen LogP contribution in [0, 0.1) is 5.92 Å². The number of allylic oxidation sites excluding steroid dienone is 1. The number of hydrogen-bond donors (Lipinski definition) is 2. The molecule has 5 nitrogen and oxygen atoms in total. The summed E-state index contributed by atoms with van der Waals surface area (Å²) < 4.78 is 0. The average molecular weight is 354 g/mol. The van der Waals surface area contributed by atoms with E-state index in [1.54, 1.807) is 7.11 Å². The van der Waals surface area contributed by atoms with E-state index in [1.165, 1.54) is 57.8 Å². The van der Waals surface area contributed by atoms with Crippen LogP contribution in [0.1, 0.15) is 57.8 Å². The zero-order valence-electron chi connectivity index (χ0n) is 16.3.